The van der Waals surface area contributed by atoms with Gasteiger partial charge in [0.1, 0.15) is 5.75 Å². The van der Waals surface area contributed by atoms with Crippen molar-refractivity contribution in [3.63, 3.8) is 0 Å². The Morgan fingerprint density at radius 2 is 0.559 bits per heavy atom. The number of phenolic OH excluding ortho intramolecular Hbond substituents is 1. The molecule has 3 heteroatoms. The van der Waals surface area contributed by atoms with Crippen molar-refractivity contribution in [1.82, 2.24) is 0 Å². The zero-order valence-corrected chi connectivity index (χ0v) is 45.7. The molecule has 0 atom stereocenters. The van der Waals surface area contributed by atoms with E-state index in [0.29, 0.717) is 5.75 Å². The Morgan fingerprint density at radius 3 is 0.881 bits per heavy atom. The topological polar surface area (TPSA) is 66.3 Å². The summed E-state index contributed by atoms with van der Waals surface area (Å²) >= 11 is 0. The van der Waals surface area contributed by atoms with Crippen molar-refractivity contribution in [2.75, 3.05) is 0 Å². The zero-order valence-electron chi connectivity index (χ0n) is 45.7. The highest BCUT2D eigenvalue weighted by Crippen LogP contribution is 2.21. The van der Waals surface area contributed by atoms with Crippen LogP contribution in [0.2, 0.25) is 0 Å². The lowest BCUT2D eigenvalue weighted by molar-refractivity contribution is -0.268. The van der Waals surface area contributed by atoms with E-state index < -0.39 is 0 Å². The normalized spacial score (nSPS) is 6.34. The van der Waals surface area contributed by atoms with E-state index in [9.17, 15) is 10.2 Å². The van der Waals surface area contributed by atoms with Gasteiger partial charge in [0, 0.05) is 0 Å². The molecule has 0 saturated carbocycles. The summed E-state index contributed by atoms with van der Waals surface area (Å²) in [5, 5.41) is 34.6. The third-order valence-electron chi connectivity index (χ3n) is 4.23. The lowest BCUT2D eigenvalue weighted by Crippen LogP contribution is -1.89. The predicted molar refractivity (Wildman–Crippen MR) is 285 cm³/mol. The van der Waals surface area contributed by atoms with Gasteiger partial charge in [-0.3, -0.25) is 0 Å². The minimum Gasteiger partial charge on any atom is -0.872 e. The number of aromatic hydroxyl groups is 1. The molecule has 5 aromatic rings. The second kappa shape index (κ2) is 117. The van der Waals surface area contributed by atoms with E-state index >= 15 is 0 Å². The fourth-order valence-corrected chi connectivity index (χ4v) is 2.79. The highest BCUT2D eigenvalue weighted by atomic mass is 16.3. The molecular weight excluding hydrogens is 721 g/mol. The van der Waals surface area contributed by atoms with Crippen LogP contribution in [0.4, 0.5) is 0 Å². The van der Waals surface area contributed by atoms with E-state index in [4.69, 9.17) is 5.11 Å². The van der Waals surface area contributed by atoms with Gasteiger partial charge in [-0.25, -0.2) is 0 Å². The highest BCUT2D eigenvalue weighted by molar-refractivity contribution is 5.87. The number of phenols is 1. The molecule has 0 bridgehead atoms. The summed E-state index contributed by atoms with van der Waals surface area (Å²) in [5.41, 5.74) is 0. The highest BCUT2D eigenvalue weighted by Gasteiger charge is 1.91. The van der Waals surface area contributed by atoms with Crippen LogP contribution >= 0.6 is 0 Å². The molecule has 0 unspecified atom stereocenters. The van der Waals surface area contributed by atoms with Crippen molar-refractivity contribution < 1.29 is 15.3 Å². The molecule has 59 heavy (non-hydrogen) atoms. The van der Waals surface area contributed by atoms with Crippen LogP contribution in [-0.4, -0.2) is 5.11 Å². The molecule has 0 heterocycles. The Hall–Kier alpha value is -3.98. The maximum Gasteiger partial charge on any atom is 0.116 e. The molecular formula is C56H110O3-2. The van der Waals surface area contributed by atoms with E-state index in [2.05, 4.69) is 0 Å². The van der Waals surface area contributed by atoms with Crippen LogP contribution in [0.25, 0.3) is 21.5 Å². The Labute approximate surface area is 375 Å². The van der Waals surface area contributed by atoms with Gasteiger partial charge in [0.05, 0.1) is 0 Å². The standard InChI is InChI=1S/2C10H8O.C6H6O.15C2H6/c11-10-7-3-5-8-4-1-2-6-9(8)10;11-10-6-5-8-3-1-2-4-9(8)7-10;7-6-4-2-1-3-5-6;15*1-2/h2*1-7,11H;1-5,7H;15*1-2H3/p-2. The van der Waals surface area contributed by atoms with Gasteiger partial charge in [-0.1, -0.05) is 311 Å². The summed E-state index contributed by atoms with van der Waals surface area (Å²) in [4.78, 5) is 0. The zero-order chi connectivity index (χ0) is 50.5. The predicted octanol–water partition coefficient (Wildman–Crippen LogP) is 20.6. The van der Waals surface area contributed by atoms with Gasteiger partial charge >= 0.3 is 0 Å². The van der Waals surface area contributed by atoms with E-state index in [-0.39, 0.29) is 11.5 Å². The molecule has 0 aliphatic rings. The van der Waals surface area contributed by atoms with Gasteiger partial charge < -0.3 is 15.3 Å². The second-order valence-corrected chi connectivity index (χ2v) is 6.32. The summed E-state index contributed by atoms with van der Waals surface area (Å²) < 4.78 is 0. The minimum atomic E-state index is 0.0718. The first-order valence-corrected chi connectivity index (χ1v) is 24.2. The molecule has 0 saturated heterocycles. The lowest BCUT2D eigenvalue weighted by Gasteiger charge is -2.08. The van der Waals surface area contributed by atoms with Crippen LogP contribution in [0.3, 0.4) is 0 Å². The van der Waals surface area contributed by atoms with Crippen LogP contribution in [0, 0.1) is 0 Å². The Morgan fingerprint density at radius 1 is 0.271 bits per heavy atom. The van der Waals surface area contributed by atoms with Crippen molar-refractivity contribution in [2.24, 2.45) is 0 Å². The number of para-hydroxylation sites is 1. The number of fused-ring (bicyclic) bond motifs is 2. The first-order valence-electron chi connectivity index (χ1n) is 24.2. The Balaban J connectivity index is -0.0000000375. The van der Waals surface area contributed by atoms with Gasteiger partial charge in [-0.05, 0) is 33.7 Å². The number of rotatable bonds is 0. The second-order valence-electron chi connectivity index (χ2n) is 6.32. The summed E-state index contributed by atoms with van der Waals surface area (Å²) in [6.07, 6.45) is 0. The summed E-state index contributed by atoms with van der Waals surface area (Å²) in [7, 11) is 0. The van der Waals surface area contributed by atoms with Gasteiger partial charge in [-0.15, -0.1) is 11.5 Å². The van der Waals surface area contributed by atoms with Crippen molar-refractivity contribution in [3.8, 4) is 17.2 Å². The van der Waals surface area contributed by atoms with Gasteiger partial charge in [-0.2, -0.15) is 0 Å². The molecule has 5 aromatic carbocycles. The third-order valence-corrected chi connectivity index (χ3v) is 4.23. The van der Waals surface area contributed by atoms with Crippen LogP contribution in [0.1, 0.15) is 208 Å². The molecule has 0 aromatic heterocycles. The molecule has 0 aliphatic carbocycles. The van der Waals surface area contributed by atoms with E-state index in [1.54, 1.807) is 36.4 Å². The number of hydrogen-bond donors (Lipinski definition) is 1. The maximum absolute atomic E-state index is 11.2. The SMILES string of the molecule is CC.CC.CC.CC.CC.CC.CC.CC.CC.CC.CC.CC.CC.CC.CC.Oc1ccc2ccccc2c1.[O-]c1cccc2ccccc12.[O-]c1ccccc1. The Kier molecular flexibility index (Phi) is 180. The van der Waals surface area contributed by atoms with Crippen LogP contribution < -0.4 is 10.2 Å². The maximum atomic E-state index is 11.2. The fraction of sp³-hybridized carbons (Fsp3) is 0.536. The first kappa shape index (κ1) is 90.9. The number of benzene rings is 5. The van der Waals surface area contributed by atoms with E-state index in [1.807, 2.05) is 274 Å². The average Bonchev–Trinajstić information content (AvgIpc) is 3.39. The van der Waals surface area contributed by atoms with Crippen LogP contribution in [0.5, 0.6) is 17.2 Å². The summed E-state index contributed by atoms with van der Waals surface area (Å²) in [6, 6.07) is 34.5. The third kappa shape index (κ3) is 72.1. The van der Waals surface area contributed by atoms with Gasteiger partial charge in [0.25, 0.3) is 0 Å². The van der Waals surface area contributed by atoms with Gasteiger partial charge in [0.2, 0.25) is 0 Å². The van der Waals surface area contributed by atoms with E-state index in [1.165, 1.54) is 12.1 Å². The molecule has 354 valence electrons. The minimum absolute atomic E-state index is 0.0718. The van der Waals surface area contributed by atoms with Crippen LogP contribution in [-0.2, 0) is 0 Å². The smallest absolute Gasteiger partial charge is 0.116 e. The monoisotopic (exact) mass is 831 g/mol. The van der Waals surface area contributed by atoms with Crippen molar-refractivity contribution in [1.29, 1.82) is 0 Å². The van der Waals surface area contributed by atoms with Crippen LogP contribution in [0.15, 0.2) is 115 Å². The average molecular weight is 831 g/mol. The molecule has 0 aliphatic heterocycles. The molecule has 0 radical (unpaired) electrons. The molecule has 1 N–H and O–H groups in total. The van der Waals surface area contributed by atoms with Crippen molar-refractivity contribution in [3.05, 3.63) is 115 Å². The molecule has 0 amide bonds. The Bertz CT molecular complexity index is 1180. The fourth-order valence-electron chi connectivity index (χ4n) is 2.79. The van der Waals surface area contributed by atoms with E-state index in [0.717, 1.165) is 21.5 Å². The summed E-state index contributed by atoms with van der Waals surface area (Å²) in [5.74, 6) is 0.495. The van der Waals surface area contributed by atoms with Crippen molar-refractivity contribution >= 4 is 21.5 Å². The molecule has 5 rings (SSSR count). The number of hydrogen-bond acceptors (Lipinski definition) is 3. The molecule has 0 fully saturated rings. The van der Waals surface area contributed by atoms with Crippen molar-refractivity contribution in [2.45, 2.75) is 208 Å². The largest absolute Gasteiger partial charge is 0.872 e. The molecule has 3 nitrogen and oxygen atoms in total. The summed E-state index contributed by atoms with van der Waals surface area (Å²) in [6.45, 7) is 60.0. The van der Waals surface area contributed by atoms with Gasteiger partial charge in [0.15, 0.2) is 0 Å². The lowest BCUT2D eigenvalue weighted by atomic mass is 10.1. The quantitative estimate of drug-likeness (QED) is 0.169. The molecule has 0 spiro atoms. The first-order chi connectivity index (χ1) is 29.1.